The maximum atomic E-state index is 5.70. The van der Waals surface area contributed by atoms with E-state index in [1.54, 1.807) is 6.20 Å². The van der Waals surface area contributed by atoms with Crippen LogP contribution < -0.4 is 5.73 Å². The van der Waals surface area contributed by atoms with E-state index in [1.807, 2.05) is 20.8 Å². The number of pyridine rings is 1. The first-order valence-electron chi connectivity index (χ1n) is 6.08. The molecule has 2 aromatic rings. The Kier molecular flexibility index (Phi) is 3.72. The first kappa shape index (κ1) is 12.7. The molecule has 2 rings (SSSR count). The molecule has 0 aliphatic heterocycles. The lowest BCUT2D eigenvalue weighted by Crippen LogP contribution is -2.15. The van der Waals surface area contributed by atoms with E-state index in [0.29, 0.717) is 18.1 Å². The van der Waals surface area contributed by atoms with Crippen LogP contribution in [0.25, 0.3) is 11.5 Å². The van der Waals surface area contributed by atoms with Gasteiger partial charge in [0.15, 0.2) is 0 Å². The summed E-state index contributed by atoms with van der Waals surface area (Å²) >= 11 is 0. The average molecular weight is 246 g/mol. The molecule has 0 aromatic carbocycles. The molecule has 2 N–H and O–H groups in total. The van der Waals surface area contributed by atoms with E-state index in [1.165, 1.54) is 0 Å². The van der Waals surface area contributed by atoms with Crippen molar-refractivity contribution in [2.75, 3.05) is 0 Å². The van der Waals surface area contributed by atoms with E-state index < -0.39 is 0 Å². The van der Waals surface area contributed by atoms with Crippen LogP contribution in [0.3, 0.4) is 0 Å². The van der Waals surface area contributed by atoms with Gasteiger partial charge < -0.3 is 10.3 Å². The minimum atomic E-state index is 0.139. The van der Waals surface area contributed by atoms with E-state index in [0.717, 1.165) is 23.2 Å². The zero-order chi connectivity index (χ0) is 13.1. The van der Waals surface area contributed by atoms with Crippen molar-refractivity contribution in [2.24, 2.45) is 5.73 Å². The quantitative estimate of drug-likeness (QED) is 0.893. The maximum absolute atomic E-state index is 5.70. The van der Waals surface area contributed by atoms with Crippen molar-refractivity contribution in [2.45, 2.75) is 39.7 Å². The number of nitrogens with zero attached hydrogens (tertiary/aromatic N) is 3. The van der Waals surface area contributed by atoms with Crippen molar-refractivity contribution in [1.29, 1.82) is 0 Å². The van der Waals surface area contributed by atoms with Crippen LogP contribution in [0.4, 0.5) is 0 Å². The van der Waals surface area contributed by atoms with Gasteiger partial charge in [-0.1, -0.05) is 11.2 Å². The molecular formula is C13H18N4O. The van der Waals surface area contributed by atoms with Crippen LogP contribution >= 0.6 is 0 Å². The zero-order valence-electron chi connectivity index (χ0n) is 11.0. The average Bonchev–Trinajstić information content (AvgIpc) is 2.75. The molecule has 5 heteroatoms. The summed E-state index contributed by atoms with van der Waals surface area (Å²) in [4.78, 5) is 8.69. The van der Waals surface area contributed by atoms with Crippen LogP contribution in [0.1, 0.15) is 30.4 Å². The van der Waals surface area contributed by atoms with Gasteiger partial charge >= 0.3 is 0 Å². The first-order chi connectivity index (χ1) is 8.56. The monoisotopic (exact) mass is 246 g/mol. The third-order valence-corrected chi connectivity index (χ3v) is 2.71. The van der Waals surface area contributed by atoms with Crippen LogP contribution in [0.2, 0.25) is 0 Å². The largest absolute Gasteiger partial charge is 0.339 e. The van der Waals surface area contributed by atoms with Gasteiger partial charge in [0.05, 0.1) is 0 Å². The van der Waals surface area contributed by atoms with Crippen molar-refractivity contribution >= 4 is 0 Å². The van der Waals surface area contributed by atoms with E-state index in [9.17, 15) is 0 Å². The molecular weight excluding hydrogens is 228 g/mol. The highest BCUT2D eigenvalue weighted by Gasteiger charge is 2.12. The van der Waals surface area contributed by atoms with Gasteiger partial charge in [0.2, 0.25) is 11.7 Å². The van der Waals surface area contributed by atoms with Gasteiger partial charge in [-0.15, -0.1) is 0 Å². The summed E-state index contributed by atoms with van der Waals surface area (Å²) in [5.74, 6) is 1.16. The summed E-state index contributed by atoms with van der Waals surface area (Å²) < 4.78 is 5.20. The lowest BCUT2D eigenvalue weighted by Gasteiger charge is -2.00. The lowest BCUT2D eigenvalue weighted by molar-refractivity contribution is 0.372. The maximum Gasteiger partial charge on any atom is 0.227 e. The highest BCUT2D eigenvalue weighted by molar-refractivity contribution is 5.53. The molecule has 0 fully saturated rings. The third-order valence-electron chi connectivity index (χ3n) is 2.71. The van der Waals surface area contributed by atoms with Gasteiger partial charge in [0.25, 0.3) is 0 Å². The first-order valence-corrected chi connectivity index (χ1v) is 6.08. The van der Waals surface area contributed by atoms with Gasteiger partial charge in [-0.25, -0.2) is 0 Å². The second-order valence-corrected chi connectivity index (χ2v) is 4.71. The molecule has 0 saturated heterocycles. The Labute approximate surface area is 106 Å². The fourth-order valence-electron chi connectivity index (χ4n) is 1.75. The van der Waals surface area contributed by atoms with Crippen LogP contribution in [-0.4, -0.2) is 21.2 Å². The Balaban J connectivity index is 2.18. The third kappa shape index (κ3) is 2.92. The van der Waals surface area contributed by atoms with E-state index >= 15 is 0 Å². The molecule has 0 spiro atoms. The Morgan fingerprint density at radius 2 is 2.17 bits per heavy atom. The number of hydrogen-bond donors (Lipinski definition) is 1. The van der Waals surface area contributed by atoms with Gasteiger partial charge in [0, 0.05) is 18.7 Å². The number of nitrogens with two attached hydrogens (primary N) is 1. The van der Waals surface area contributed by atoms with E-state index in [-0.39, 0.29) is 6.04 Å². The minimum Gasteiger partial charge on any atom is -0.339 e. The fraction of sp³-hybridized carbons (Fsp3) is 0.462. The van der Waals surface area contributed by atoms with Crippen molar-refractivity contribution < 1.29 is 4.52 Å². The molecule has 2 aromatic heterocycles. The summed E-state index contributed by atoms with van der Waals surface area (Å²) in [7, 11) is 0. The van der Waals surface area contributed by atoms with Gasteiger partial charge in [-0.05, 0) is 38.3 Å². The van der Waals surface area contributed by atoms with Crippen LogP contribution in [-0.2, 0) is 6.42 Å². The highest BCUT2D eigenvalue weighted by atomic mass is 16.5. The molecule has 0 radical (unpaired) electrons. The molecule has 0 amide bonds. The molecule has 0 saturated carbocycles. The van der Waals surface area contributed by atoms with Crippen molar-refractivity contribution in [1.82, 2.24) is 15.1 Å². The summed E-state index contributed by atoms with van der Waals surface area (Å²) in [6.07, 6.45) is 3.35. The molecule has 0 aliphatic carbocycles. The lowest BCUT2D eigenvalue weighted by atomic mass is 10.1. The Bertz CT molecular complexity index is 534. The topological polar surface area (TPSA) is 77.8 Å². The standard InChI is InChI=1S/C13H18N4O/c1-8-6-9(2)12(15-7-8)13-16-11(18-17-13)5-4-10(3)14/h6-7,10H,4-5,14H2,1-3H3. The molecule has 18 heavy (non-hydrogen) atoms. The van der Waals surface area contributed by atoms with Gasteiger partial charge in [-0.2, -0.15) is 4.98 Å². The number of aryl methyl sites for hydroxylation is 3. The molecule has 0 bridgehead atoms. The normalized spacial score (nSPS) is 12.7. The van der Waals surface area contributed by atoms with Crippen molar-refractivity contribution in [3.63, 3.8) is 0 Å². The number of aromatic nitrogens is 3. The summed E-state index contributed by atoms with van der Waals surface area (Å²) in [5, 5.41) is 3.97. The molecule has 1 atom stereocenters. The number of hydrogen-bond acceptors (Lipinski definition) is 5. The summed E-state index contributed by atoms with van der Waals surface area (Å²) in [5.41, 5.74) is 8.64. The minimum absolute atomic E-state index is 0.139. The van der Waals surface area contributed by atoms with Gasteiger partial charge in [-0.3, -0.25) is 4.98 Å². The van der Waals surface area contributed by atoms with E-state index in [2.05, 4.69) is 21.2 Å². The Hall–Kier alpha value is -1.75. The van der Waals surface area contributed by atoms with Crippen molar-refractivity contribution in [3.8, 4) is 11.5 Å². The predicted octanol–water partition coefficient (Wildman–Crippen LogP) is 2.03. The van der Waals surface area contributed by atoms with E-state index in [4.69, 9.17) is 10.3 Å². The highest BCUT2D eigenvalue weighted by Crippen LogP contribution is 2.18. The molecule has 1 unspecified atom stereocenters. The molecule has 96 valence electrons. The molecule has 0 aliphatic rings. The fourth-order valence-corrected chi connectivity index (χ4v) is 1.75. The molecule has 2 heterocycles. The second kappa shape index (κ2) is 5.27. The summed E-state index contributed by atoms with van der Waals surface area (Å²) in [6, 6.07) is 2.19. The SMILES string of the molecule is Cc1cnc(-c2noc(CCC(C)N)n2)c(C)c1. The smallest absolute Gasteiger partial charge is 0.227 e. The van der Waals surface area contributed by atoms with Crippen LogP contribution in [0.15, 0.2) is 16.8 Å². The number of rotatable bonds is 4. The zero-order valence-corrected chi connectivity index (χ0v) is 11.0. The Morgan fingerprint density at radius 3 is 2.83 bits per heavy atom. The predicted molar refractivity (Wildman–Crippen MR) is 69.0 cm³/mol. The van der Waals surface area contributed by atoms with Gasteiger partial charge in [0.1, 0.15) is 5.69 Å². The second-order valence-electron chi connectivity index (χ2n) is 4.71. The van der Waals surface area contributed by atoms with Crippen molar-refractivity contribution in [3.05, 3.63) is 29.3 Å². The Morgan fingerprint density at radius 1 is 1.39 bits per heavy atom. The van der Waals surface area contributed by atoms with Crippen LogP contribution in [0.5, 0.6) is 0 Å². The van der Waals surface area contributed by atoms with Crippen LogP contribution in [0, 0.1) is 13.8 Å². The molecule has 5 nitrogen and oxygen atoms in total. The summed E-state index contributed by atoms with van der Waals surface area (Å²) in [6.45, 7) is 5.96.